The van der Waals surface area contributed by atoms with Gasteiger partial charge in [-0.1, -0.05) is 11.3 Å². The van der Waals surface area contributed by atoms with Crippen LogP contribution in [0.3, 0.4) is 0 Å². The largest absolute Gasteiger partial charge is 0.398 e. The first-order valence-electron chi connectivity index (χ1n) is 6.18. The molecule has 0 saturated heterocycles. The maximum atomic E-state index is 6.08. The van der Waals surface area contributed by atoms with Gasteiger partial charge in [-0.05, 0) is 46.7 Å². The van der Waals surface area contributed by atoms with Crippen LogP contribution in [0.4, 0.5) is 5.69 Å². The van der Waals surface area contributed by atoms with Crippen LogP contribution in [-0.2, 0) is 0 Å². The van der Waals surface area contributed by atoms with Crippen LogP contribution in [0.15, 0.2) is 23.3 Å². The minimum atomic E-state index is 0.596. The number of thiazole rings is 1. The van der Waals surface area contributed by atoms with E-state index in [9.17, 15) is 0 Å². The number of aromatic nitrogens is 3. The van der Waals surface area contributed by atoms with Crippen molar-refractivity contribution in [3.8, 4) is 10.6 Å². The number of aryl methyl sites for hydroxylation is 1. The first kappa shape index (κ1) is 14.9. The fourth-order valence-corrected chi connectivity index (χ4v) is 4.10. The van der Waals surface area contributed by atoms with Gasteiger partial charge in [0.1, 0.15) is 10.5 Å². The zero-order chi connectivity index (χ0) is 15.0. The third kappa shape index (κ3) is 2.82. The SMILES string of the molecule is CN=Cc1cc(-c2nc3cn(PI)nc3s2)cc(C)c1N. The number of nitrogens with two attached hydrogens (primary N) is 1. The molecule has 0 aliphatic carbocycles. The van der Waals surface area contributed by atoms with E-state index in [1.54, 1.807) is 24.6 Å². The third-order valence-corrected chi connectivity index (χ3v) is 5.99. The lowest BCUT2D eigenvalue weighted by Gasteiger charge is -2.07. The zero-order valence-electron chi connectivity index (χ0n) is 11.5. The van der Waals surface area contributed by atoms with Crippen molar-refractivity contribution < 1.29 is 0 Å². The molecule has 2 heterocycles. The Labute approximate surface area is 141 Å². The van der Waals surface area contributed by atoms with E-state index in [1.165, 1.54) is 0 Å². The van der Waals surface area contributed by atoms with Crippen molar-refractivity contribution in [1.29, 1.82) is 0 Å². The quantitative estimate of drug-likeness (QED) is 0.297. The van der Waals surface area contributed by atoms with Gasteiger partial charge in [-0.15, -0.1) is 0 Å². The Kier molecular flexibility index (Phi) is 4.24. The average Bonchev–Trinajstić information content (AvgIpc) is 3.01. The predicted molar refractivity (Wildman–Crippen MR) is 101 cm³/mol. The normalized spacial score (nSPS) is 12.3. The second-order valence-corrected chi connectivity index (χ2v) is 7.60. The second kappa shape index (κ2) is 5.98. The van der Waals surface area contributed by atoms with Crippen LogP contribution in [0.5, 0.6) is 0 Å². The van der Waals surface area contributed by atoms with Crippen LogP contribution >= 0.6 is 39.8 Å². The number of halogens is 1. The molecule has 5 nitrogen and oxygen atoms in total. The number of aliphatic imine (C=N–C) groups is 1. The van der Waals surface area contributed by atoms with Crippen molar-refractivity contribution in [3.05, 3.63) is 29.5 Å². The van der Waals surface area contributed by atoms with E-state index in [1.807, 2.05) is 23.6 Å². The number of anilines is 1. The Morgan fingerprint density at radius 3 is 2.95 bits per heavy atom. The first-order valence-corrected chi connectivity index (χ1v) is 11.1. The molecule has 8 heteroatoms. The summed E-state index contributed by atoms with van der Waals surface area (Å²) >= 11 is 3.90. The number of hydrogen-bond acceptors (Lipinski definition) is 5. The van der Waals surface area contributed by atoms with Gasteiger partial charge in [0, 0.05) is 30.1 Å². The van der Waals surface area contributed by atoms with Crippen LogP contribution in [0, 0.1) is 6.92 Å². The summed E-state index contributed by atoms with van der Waals surface area (Å²) in [6.45, 7) is 2.00. The standard InChI is InChI=1S/C13H13IN5PS/c1-7-3-8(4-9(5-16-2)11(7)15)12-17-10-6-19(20-14)18-13(10)21-12/h3-6,20H,15H2,1-2H3. The smallest absolute Gasteiger partial charge is 0.166 e. The second-order valence-electron chi connectivity index (χ2n) is 4.55. The number of nitrogen functional groups attached to an aromatic ring is 1. The average molecular weight is 429 g/mol. The van der Waals surface area contributed by atoms with E-state index in [0.29, 0.717) is 6.37 Å². The molecule has 1 unspecified atom stereocenters. The lowest BCUT2D eigenvalue weighted by Crippen LogP contribution is -1.97. The summed E-state index contributed by atoms with van der Waals surface area (Å²) in [5, 5.41) is 5.47. The van der Waals surface area contributed by atoms with Crippen molar-refractivity contribution in [2.75, 3.05) is 12.8 Å². The summed E-state index contributed by atoms with van der Waals surface area (Å²) in [6, 6.07) is 4.09. The molecule has 3 rings (SSSR count). The summed E-state index contributed by atoms with van der Waals surface area (Å²) in [5.74, 6) is 0. The van der Waals surface area contributed by atoms with E-state index < -0.39 is 0 Å². The molecule has 2 aromatic heterocycles. The van der Waals surface area contributed by atoms with Gasteiger partial charge in [-0.2, -0.15) is 5.10 Å². The summed E-state index contributed by atoms with van der Waals surface area (Å²) in [7, 11) is 1.74. The fourth-order valence-electron chi connectivity index (χ4n) is 2.08. The van der Waals surface area contributed by atoms with Gasteiger partial charge in [-0.3, -0.25) is 4.99 Å². The third-order valence-electron chi connectivity index (χ3n) is 3.10. The molecule has 3 aromatic rings. The molecule has 0 fully saturated rings. The Balaban J connectivity index is 2.11. The summed E-state index contributed by atoms with van der Waals surface area (Å²) in [4.78, 5) is 9.70. The lowest BCUT2D eigenvalue weighted by atomic mass is 10.0. The highest BCUT2D eigenvalue weighted by Gasteiger charge is 2.12. The van der Waals surface area contributed by atoms with Crippen LogP contribution in [0.25, 0.3) is 20.9 Å². The van der Waals surface area contributed by atoms with Gasteiger partial charge in [-0.25, -0.2) is 9.44 Å². The highest BCUT2D eigenvalue weighted by molar-refractivity contribution is 14.2. The van der Waals surface area contributed by atoms with E-state index in [-0.39, 0.29) is 0 Å². The van der Waals surface area contributed by atoms with Crippen molar-refractivity contribution in [1.82, 2.24) is 14.5 Å². The van der Waals surface area contributed by atoms with Crippen LogP contribution < -0.4 is 5.73 Å². The summed E-state index contributed by atoms with van der Waals surface area (Å²) in [6.07, 6.45) is 4.36. The minimum Gasteiger partial charge on any atom is -0.398 e. The molecule has 0 aliphatic heterocycles. The van der Waals surface area contributed by atoms with Crippen molar-refractivity contribution in [3.63, 3.8) is 0 Å². The summed E-state index contributed by atoms with van der Waals surface area (Å²) in [5.41, 5.74) is 10.8. The topological polar surface area (TPSA) is 69.1 Å². The molecular weight excluding hydrogens is 416 g/mol. The van der Waals surface area contributed by atoms with E-state index >= 15 is 0 Å². The molecule has 0 saturated carbocycles. The first-order chi connectivity index (χ1) is 10.1. The molecule has 21 heavy (non-hydrogen) atoms. The van der Waals surface area contributed by atoms with Gasteiger partial charge < -0.3 is 5.73 Å². The van der Waals surface area contributed by atoms with E-state index in [4.69, 9.17) is 5.73 Å². The number of nitrogens with zero attached hydrogens (tertiary/aromatic N) is 4. The molecule has 0 amide bonds. The van der Waals surface area contributed by atoms with Gasteiger partial charge in [0.2, 0.25) is 0 Å². The fraction of sp³-hybridized carbons (Fsp3) is 0.154. The molecule has 108 valence electrons. The minimum absolute atomic E-state index is 0.596. The van der Waals surface area contributed by atoms with Gasteiger partial charge in [0.05, 0.1) is 12.6 Å². The van der Waals surface area contributed by atoms with E-state index in [0.717, 1.165) is 37.7 Å². The van der Waals surface area contributed by atoms with Crippen molar-refractivity contribution in [2.45, 2.75) is 6.92 Å². The van der Waals surface area contributed by atoms with Gasteiger partial charge in [0.25, 0.3) is 0 Å². The lowest BCUT2D eigenvalue weighted by molar-refractivity contribution is 1.04. The van der Waals surface area contributed by atoms with Crippen LogP contribution in [-0.4, -0.2) is 27.8 Å². The maximum Gasteiger partial charge on any atom is 0.166 e. The molecule has 0 spiro atoms. The molecule has 2 N–H and O–H groups in total. The molecule has 1 aromatic carbocycles. The highest BCUT2D eigenvalue weighted by atomic mass is 127. The monoisotopic (exact) mass is 429 g/mol. The molecule has 0 aliphatic rings. The highest BCUT2D eigenvalue weighted by Crippen LogP contribution is 2.34. The van der Waals surface area contributed by atoms with Crippen molar-refractivity contribution >= 4 is 62.0 Å². The molecule has 0 bridgehead atoms. The Hall–Kier alpha value is -1.05. The Morgan fingerprint density at radius 1 is 1.48 bits per heavy atom. The van der Waals surface area contributed by atoms with Gasteiger partial charge in [0.15, 0.2) is 4.83 Å². The summed E-state index contributed by atoms with van der Waals surface area (Å²) < 4.78 is 1.92. The maximum absolute atomic E-state index is 6.08. The van der Waals surface area contributed by atoms with Crippen molar-refractivity contribution in [2.24, 2.45) is 4.99 Å². The van der Waals surface area contributed by atoms with Crippen LogP contribution in [0.2, 0.25) is 0 Å². The number of rotatable bonds is 3. The van der Waals surface area contributed by atoms with Crippen LogP contribution in [0.1, 0.15) is 11.1 Å². The molecule has 1 atom stereocenters. The number of hydrogen-bond donors (Lipinski definition) is 1. The van der Waals surface area contributed by atoms with Gasteiger partial charge >= 0.3 is 0 Å². The Morgan fingerprint density at radius 2 is 2.29 bits per heavy atom. The number of fused-ring (bicyclic) bond motifs is 1. The molecular formula is C13H13IN5PS. The predicted octanol–water partition coefficient (Wildman–Crippen LogP) is 3.89. The molecule has 0 radical (unpaired) electrons. The van der Waals surface area contributed by atoms with E-state index in [2.05, 4.69) is 43.2 Å². The Bertz CT molecular complexity index is 807. The number of benzene rings is 1. The zero-order valence-corrected chi connectivity index (χ0v) is 15.4.